The van der Waals surface area contributed by atoms with Crippen molar-refractivity contribution in [1.29, 1.82) is 0 Å². The zero-order valence-electron chi connectivity index (χ0n) is 24.0. The maximum atomic E-state index is 5.81. The van der Waals surface area contributed by atoms with Crippen LogP contribution in [0.1, 0.15) is 155 Å². The van der Waals surface area contributed by atoms with E-state index in [1.807, 2.05) is 0 Å². The van der Waals surface area contributed by atoms with Gasteiger partial charge in [-0.05, 0) is 12.8 Å². The first-order valence-electron chi connectivity index (χ1n) is 14.4. The van der Waals surface area contributed by atoms with Crippen molar-refractivity contribution in [3.63, 3.8) is 0 Å². The summed E-state index contributed by atoms with van der Waals surface area (Å²) in [5.41, 5.74) is 0.449. The number of hydrogen-bond acceptors (Lipinski definition) is 4. The van der Waals surface area contributed by atoms with Crippen LogP contribution in [0.4, 0.5) is 0 Å². The Morgan fingerprint density at radius 2 is 0.676 bits per heavy atom. The van der Waals surface area contributed by atoms with Gasteiger partial charge in [-0.3, -0.25) is 0 Å². The van der Waals surface area contributed by atoms with Crippen LogP contribution in [0.15, 0.2) is 0 Å². The first-order valence-corrected chi connectivity index (χ1v) is 16.2. The van der Waals surface area contributed by atoms with Crippen molar-refractivity contribution < 1.29 is 13.3 Å². The van der Waals surface area contributed by atoms with Crippen LogP contribution in [0.2, 0.25) is 5.54 Å². The van der Waals surface area contributed by atoms with Crippen LogP contribution in [0.5, 0.6) is 0 Å². The quantitative estimate of drug-likeness (QED) is 0.0900. The van der Waals surface area contributed by atoms with E-state index in [1.165, 1.54) is 141 Å². The van der Waals surface area contributed by atoms with E-state index in [-0.39, 0.29) is 18.6 Å². The molecule has 0 aromatic heterocycles. The van der Waals surface area contributed by atoms with Gasteiger partial charge >= 0.3 is 8.80 Å². The van der Waals surface area contributed by atoms with Crippen LogP contribution in [0, 0.1) is 0 Å². The van der Waals surface area contributed by atoms with Crippen molar-refractivity contribution in [1.82, 2.24) is 6.15 Å². The highest BCUT2D eigenvalue weighted by molar-refractivity contribution is 6.62. The fourth-order valence-corrected chi connectivity index (χ4v) is 7.62. The molecule has 0 saturated carbocycles. The van der Waals surface area contributed by atoms with E-state index in [9.17, 15) is 0 Å². The molecule has 1 unspecified atom stereocenters. The molecule has 6 heteroatoms. The fourth-order valence-electron chi connectivity index (χ4n) is 5.00. The maximum Gasteiger partial charge on any atom is 0.503 e. The Labute approximate surface area is 222 Å². The van der Waals surface area contributed by atoms with Gasteiger partial charge in [0.15, 0.2) is 0 Å². The van der Waals surface area contributed by atoms with Gasteiger partial charge in [0.1, 0.15) is 0 Å². The van der Waals surface area contributed by atoms with Crippen LogP contribution in [-0.2, 0) is 13.3 Å². The largest absolute Gasteiger partial charge is 0.503 e. The fraction of sp³-hybridized carbons (Fsp3) is 1.00. The molecule has 0 aliphatic rings. The molecule has 210 valence electrons. The summed E-state index contributed by atoms with van der Waals surface area (Å²) in [5.74, 6) is 0. The lowest BCUT2D eigenvalue weighted by molar-refractivity contribution is 0.107. The summed E-state index contributed by atoms with van der Waals surface area (Å²) in [5, 5.41) is 0. The highest BCUT2D eigenvalue weighted by Crippen LogP contribution is 2.34. The van der Waals surface area contributed by atoms with Crippen molar-refractivity contribution in [2.45, 2.75) is 161 Å². The molecule has 0 rings (SSSR count). The Kier molecular flexibility index (Phi) is 33.8. The molecule has 34 heavy (non-hydrogen) atoms. The van der Waals surface area contributed by atoms with Crippen molar-refractivity contribution in [3.8, 4) is 0 Å². The molecule has 0 heterocycles. The summed E-state index contributed by atoms with van der Waals surface area (Å²) in [6.07, 6.45) is 30.3. The summed E-state index contributed by atoms with van der Waals surface area (Å²) >= 11 is 0. The summed E-state index contributed by atoms with van der Waals surface area (Å²) in [7, 11) is 2.79. The van der Waals surface area contributed by atoms with E-state index < -0.39 is 8.80 Å². The summed E-state index contributed by atoms with van der Waals surface area (Å²) in [4.78, 5) is 0. The molecule has 0 aromatic rings. The molecule has 4 nitrogen and oxygen atoms in total. The molecule has 0 aromatic carbocycles. The third-order valence-electron chi connectivity index (χ3n) is 7.17. The minimum atomic E-state index is -2.51. The average molecular weight is 526 g/mol. The maximum absolute atomic E-state index is 5.81. The summed E-state index contributed by atoms with van der Waals surface area (Å²) in [6.45, 7) is 4.56. The van der Waals surface area contributed by atoms with Crippen LogP contribution in [-0.4, -0.2) is 30.1 Å². The standard InChI is InChI=1S/C28H60O3Si.ClH.H3N/c1-6-8-10-11-12-13-14-15-16-17-18-19-20-21-22-23-25-27-28(26-24-9-7-2)32(29-3,30-4)31-5;;/h28H,6-27H2,1-5H3;1H;1H3. The van der Waals surface area contributed by atoms with Gasteiger partial charge in [0, 0.05) is 26.9 Å². The van der Waals surface area contributed by atoms with Crippen LogP contribution in [0.3, 0.4) is 0 Å². The van der Waals surface area contributed by atoms with Crippen molar-refractivity contribution >= 4 is 21.2 Å². The Morgan fingerprint density at radius 1 is 0.441 bits per heavy atom. The molecule has 0 aliphatic heterocycles. The lowest BCUT2D eigenvalue weighted by Gasteiger charge is -2.32. The van der Waals surface area contributed by atoms with Crippen LogP contribution < -0.4 is 6.15 Å². The number of halogens is 1. The normalized spacial score (nSPS) is 12.3. The van der Waals surface area contributed by atoms with Gasteiger partial charge in [-0.25, -0.2) is 0 Å². The van der Waals surface area contributed by atoms with E-state index in [4.69, 9.17) is 13.3 Å². The lowest BCUT2D eigenvalue weighted by Crippen LogP contribution is -2.47. The molecule has 1 atom stereocenters. The van der Waals surface area contributed by atoms with Crippen LogP contribution >= 0.6 is 12.4 Å². The second-order valence-corrected chi connectivity index (χ2v) is 13.1. The molecule has 0 amide bonds. The average Bonchev–Trinajstić information content (AvgIpc) is 2.82. The summed E-state index contributed by atoms with van der Waals surface area (Å²) < 4.78 is 17.4. The SMILES string of the molecule is CCCCCCCCCCCCCCCCCCCC(CCCCC)[Si](OC)(OC)OC.Cl.N. The van der Waals surface area contributed by atoms with E-state index in [0.29, 0.717) is 5.54 Å². The number of rotatable bonds is 26. The van der Waals surface area contributed by atoms with Gasteiger partial charge in [-0.15, -0.1) is 12.4 Å². The van der Waals surface area contributed by atoms with Gasteiger partial charge in [0.25, 0.3) is 0 Å². The molecule has 0 fully saturated rings. The van der Waals surface area contributed by atoms with Gasteiger partial charge in [-0.2, -0.15) is 0 Å². The molecule has 0 spiro atoms. The number of hydrogen-bond donors (Lipinski definition) is 1. The van der Waals surface area contributed by atoms with Crippen LogP contribution in [0.25, 0.3) is 0 Å². The van der Waals surface area contributed by atoms with Crippen molar-refractivity contribution in [2.24, 2.45) is 0 Å². The third kappa shape index (κ3) is 20.5. The van der Waals surface area contributed by atoms with Gasteiger partial charge in [0.2, 0.25) is 0 Å². The Morgan fingerprint density at radius 3 is 0.971 bits per heavy atom. The molecular weight excluding hydrogens is 462 g/mol. The Bertz CT molecular complexity index is 365. The lowest BCUT2D eigenvalue weighted by atomic mass is 10.0. The van der Waals surface area contributed by atoms with E-state index in [0.717, 1.165) is 0 Å². The second kappa shape index (κ2) is 29.6. The molecular formula is C28H64ClNO3Si. The zero-order valence-corrected chi connectivity index (χ0v) is 25.8. The van der Waals surface area contributed by atoms with E-state index >= 15 is 0 Å². The molecule has 3 N–H and O–H groups in total. The predicted molar refractivity (Wildman–Crippen MR) is 156 cm³/mol. The van der Waals surface area contributed by atoms with Gasteiger partial charge < -0.3 is 19.4 Å². The topological polar surface area (TPSA) is 62.7 Å². The van der Waals surface area contributed by atoms with E-state index in [2.05, 4.69) is 13.8 Å². The smallest absolute Gasteiger partial charge is 0.377 e. The predicted octanol–water partition coefficient (Wildman–Crippen LogP) is 10.4. The van der Waals surface area contributed by atoms with Gasteiger partial charge in [-0.1, -0.05) is 142 Å². The molecule has 0 aliphatic carbocycles. The minimum Gasteiger partial charge on any atom is -0.377 e. The molecule has 0 radical (unpaired) electrons. The van der Waals surface area contributed by atoms with Crippen molar-refractivity contribution in [3.05, 3.63) is 0 Å². The Hall–Kier alpha value is 0.347. The summed E-state index contributed by atoms with van der Waals surface area (Å²) in [6, 6.07) is 0. The Balaban J connectivity index is -0.00000480. The first-order chi connectivity index (χ1) is 15.7. The molecule has 0 bridgehead atoms. The highest BCUT2D eigenvalue weighted by Gasteiger charge is 2.46. The number of unbranched alkanes of at least 4 members (excludes halogenated alkanes) is 18. The monoisotopic (exact) mass is 525 g/mol. The van der Waals surface area contributed by atoms with Crippen molar-refractivity contribution in [2.75, 3.05) is 21.3 Å². The third-order valence-corrected chi connectivity index (χ3v) is 10.5. The zero-order chi connectivity index (χ0) is 23.8. The highest BCUT2D eigenvalue weighted by atomic mass is 35.5. The van der Waals surface area contributed by atoms with Gasteiger partial charge in [0.05, 0.1) is 0 Å². The second-order valence-electron chi connectivity index (χ2n) is 9.85. The minimum absolute atomic E-state index is 0. The first kappa shape index (κ1) is 38.9. The molecule has 0 saturated heterocycles. The van der Waals surface area contributed by atoms with E-state index in [1.54, 1.807) is 21.3 Å².